The fourth-order valence-corrected chi connectivity index (χ4v) is 2.24. The van der Waals surface area contributed by atoms with Crippen LogP contribution in [0.3, 0.4) is 0 Å². The van der Waals surface area contributed by atoms with Crippen molar-refractivity contribution >= 4 is 17.6 Å². The highest BCUT2D eigenvalue weighted by Gasteiger charge is 2.32. The van der Waals surface area contributed by atoms with E-state index >= 15 is 0 Å². The predicted octanol–water partition coefficient (Wildman–Crippen LogP) is 3.04. The van der Waals surface area contributed by atoms with Gasteiger partial charge in [-0.25, -0.2) is 9.59 Å². The van der Waals surface area contributed by atoms with Gasteiger partial charge in [0.1, 0.15) is 11.3 Å². The summed E-state index contributed by atoms with van der Waals surface area (Å²) in [5.74, 6) is -2.63. The lowest BCUT2D eigenvalue weighted by Crippen LogP contribution is -2.07. The van der Waals surface area contributed by atoms with Crippen LogP contribution in [-0.2, 0) is 4.74 Å². The molecule has 0 saturated carbocycles. The highest BCUT2D eigenvalue weighted by atomic mass is 16.6. The Labute approximate surface area is 130 Å². The number of aryl methyl sites for hydroxylation is 1. The zero-order valence-electron chi connectivity index (χ0n) is 12.4. The Balaban J connectivity index is 2.81. The number of carbonyl (C=O) groups is 2. The molecule has 0 fully saturated rings. The maximum absolute atomic E-state index is 12.0. The Morgan fingerprint density at radius 1 is 1.35 bits per heavy atom. The fourth-order valence-electron chi connectivity index (χ4n) is 2.24. The number of benzene rings is 1. The van der Waals surface area contributed by atoms with E-state index in [0.29, 0.717) is 0 Å². The van der Waals surface area contributed by atoms with Crippen LogP contribution in [0.2, 0.25) is 0 Å². The van der Waals surface area contributed by atoms with E-state index in [-0.39, 0.29) is 40.5 Å². The molecule has 0 unspecified atom stereocenters. The van der Waals surface area contributed by atoms with E-state index in [9.17, 15) is 24.8 Å². The summed E-state index contributed by atoms with van der Waals surface area (Å²) in [7, 11) is 0. The first kappa shape index (κ1) is 16.2. The summed E-state index contributed by atoms with van der Waals surface area (Å²) in [5, 5.41) is 20.6. The molecule has 1 N–H and O–H groups in total. The van der Waals surface area contributed by atoms with Gasteiger partial charge >= 0.3 is 11.9 Å². The first-order chi connectivity index (χ1) is 10.9. The Kier molecular flexibility index (Phi) is 4.44. The van der Waals surface area contributed by atoms with E-state index in [1.165, 1.54) is 31.2 Å². The third-order valence-electron chi connectivity index (χ3n) is 3.13. The molecule has 0 amide bonds. The maximum Gasteiger partial charge on any atom is 0.374 e. The predicted molar refractivity (Wildman–Crippen MR) is 78.5 cm³/mol. The van der Waals surface area contributed by atoms with E-state index in [1.807, 2.05) is 0 Å². The zero-order valence-corrected chi connectivity index (χ0v) is 12.4. The van der Waals surface area contributed by atoms with E-state index < -0.39 is 16.9 Å². The molecule has 0 aliphatic rings. The van der Waals surface area contributed by atoms with Crippen molar-refractivity contribution in [3.63, 3.8) is 0 Å². The number of carbonyl (C=O) groups excluding carboxylic acids is 1. The van der Waals surface area contributed by atoms with Crippen LogP contribution in [0.4, 0.5) is 5.69 Å². The number of ether oxygens (including phenoxy) is 1. The monoisotopic (exact) mass is 319 g/mol. The summed E-state index contributed by atoms with van der Waals surface area (Å²) in [6.07, 6.45) is 0. The third kappa shape index (κ3) is 2.91. The van der Waals surface area contributed by atoms with Crippen molar-refractivity contribution in [2.45, 2.75) is 13.8 Å². The van der Waals surface area contributed by atoms with Gasteiger partial charge in [-0.3, -0.25) is 10.1 Å². The molecule has 8 nitrogen and oxygen atoms in total. The summed E-state index contributed by atoms with van der Waals surface area (Å²) in [4.78, 5) is 34.1. The van der Waals surface area contributed by atoms with Crippen LogP contribution in [0.1, 0.15) is 33.6 Å². The molecular weight excluding hydrogens is 306 g/mol. The number of hydrogen-bond acceptors (Lipinski definition) is 6. The molecule has 23 heavy (non-hydrogen) atoms. The molecule has 0 aliphatic carbocycles. The van der Waals surface area contributed by atoms with E-state index in [2.05, 4.69) is 0 Å². The van der Waals surface area contributed by atoms with Crippen molar-refractivity contribution in [2.75, 3.05) is 6.61 Å². The maximum atomic E-state index is 12.0. The van der Waals surface area contributed by atoms with Crippen LogP contribution in [0.25, 0.3) is 11.1 Å². The molecule has 2 aromatic rings. The highest BCUT2D eigenvalue weighted by molar-refractivity contribution is 6.06. The minimum Gasteiger partial charge on any atom is -0.478 e. The average Bonchev–Trinajstić information content (AvgIpc) is 2.85. The first-order valence-corrected chi connectivity index (χ1v) is 6.66. The van der Waals surface area contributed by atoms with Gasteiger partial charge in [-0.1, -0.05) is 12.1 Å². The molecule has 1 aromatic carbocycles. The number of carboxylic acid groups (broad SMARTS) is 1. The summed E-state index contributed by atoms with van der Waals surface area (Å²) < 4.78 is 10.1. The van der Waals surface area contributed by atoms with Gasteiger partial charge < -0.3 is 14.3 Å². The Bertz CT molecular complexity index is 791. The number of nitrogens with zero attached hydrogens (tertiary/aromatic N) is 1. The molecule has 0 spiro atoms. The van der Waals surface area contributed by atoms with Crippen LogP contribution in [0, 0.1) is 17.0 Å². The van der Waals surface area contributed by atoms with Crippen molar-refractivity contribution in [3.8, 4) is 11.1 Å². The van der Waals surface area contributed by atoms with E-state index in [0.717, 1.165) is 0 Å². The lowest BCUT2D eigenvalue weighted by Gasteiger charge is -2.05. The molecule has 0 saturated heterocycles. The van der Waals surface area contributed by atoms with Crippen molar-refractivity contribution in [3.05, 3.63) is 51.5 Å². The van der Waals surface area contributed by atoms with Crippen LogP contribution in [0.15, 0.2) is 28.7 Å². The molecule has 2 rings (SSSR count). The summed E-state index contributed by atoms with van der Waals surface area (Å²) in [5.41, 5.74) is -0.806. The number of aromatic carboxylic acids is 1. The molecule has 0 bridgehead atoms. The lowest BCUT2D eigenvalue weighted by molar-refractivity contribution is -0.384. The van der Waals surface area contributed by atoms with Gasteiger partial charge in [0.25, 0.3) is 5.69 Å². The van der Waals surface area contributed by atoms with Crippen LogP contribution in [0.5, 0.6) is 0 Å². The van der Waals surface area contributed by atoms with Gasteiger partial charge in [-0.2, -0.15) is 0 Å². The second kappa shape index (κ2) is 6.30. The van der Waals surface area contributed by atoms with Crippen molar-refractivity contribution in [1.82, 2.24) is 0 Å². The second-order valence-corrected chi connectivity index (χ2v) is 4.54. The number of nitro benzene ring substituents is 1. The SMILES string of the molecule is CCOC(=O)c1oc(C)c(C(=O)O)c1-c1ccccc1[N+](=O)[O-]. The standard InChI is InChI=1S/C15H13NO7/c1-3-22-15(19)13-12(11(14(17)18)8(2)23-13)9-6-4-5-7-10(9)16(20)21/h4-7H,3H2,1-2H3,(H,17,18). The van der Waals surface area contributed by atoms with Gasteiger partial charge in [0.15, 0.2) is 0 Å². The Morgan fingerprint density at radius 2 is 2.00 bits per heavy atom. The van der Waals surface area contributed by atoms with Gasteiger partial charge in [0, 0.05) is 6.07 Å². The number of carboxylic acids is 1. The molecule has 120 valence electrons. The van der Waals surface area contributed by atoms with Crippen LogP contribution < -0.4 is 0 Å². The van der Waals surface area contributed by atoms with Crippen molar-refractivity contribution < 1.29 is 28.8 Å². The van der Waals surface area contributed by atoms with E-state index in [4.69, 9.17) is 9.15 Å². The number of hydrogen-bond donors (Lipinski definition) is 1. The zero-order chi connectivity index (χ0) is 17.1. The van der Waals surface area contributed by atoms with Gasteiger partial charge in [0.05, 0.1) is 22.7 Å². The van der Waals surface area contributed by atoms with Gasteiger partial charge in [-0.05, 0) is 19.9 Å². The smallest absolute Gasteiger partial charge is 0.374 e. The van der Waals surface area contributed by atoms with E-state index in [1.54, 1.807) is 6.92 Å². The van der Waals surface area contributed by atoms with Gasteiger partial charge in [-0.15, -0.1) is 0 Å². The summed E-state index contributed by atoms with van der Waals surface area (Å²) in [6.45, 7) is 3.00. The number of esters is 1. The molecule has 0 atom stereocenters. The quantitative estimate of drug-likeness (QED) is 0.511. The highest BCUT2D eigenvalue weighted by Crippen LogP contribution is 2.38. The lowest BCUT2D eigenvalue weighted by atomic mass is 9.98. The Morgan fingerprint density at radius 3 is 2.57 bits per heavy atom. The largest absolute Gasteiger partial charge is 0.478 e. The molecular formula is C15H13NO7. The second-order valence-electron chi connectivity index (χ2n) is 4.54. The fraction of sp³-hybridized carbons (Fsp3) is 0.200. The third-order valence-corrected chi connectivity index (χ3v) is 3.13. The normalized spacial score (nSPS) is 10.3. The van der Waals surface area contributed by atoms with Crippen molar-refractivity contribution in [2.24, 2.45) is 0 Å². The number of para-hydroxylation sites is 1. The molecule has 1 aromatic heterocycles. The number of rotatable bonds is 5. The molecule has 0 radical (unpaired) electrons. The molecule has 0 aliphatic heterocycles. The van der Waals surface area contributed by atoms with Crippen LogP contribution >= 0.6 is 0 Å². The minimum atomic E-state index is -1.35. The molecule has 8 heteroatoms. The van der Waals surface area contributed by atoms with Crippen molar-refractivity contribution in [1.29, 1.82) is 0 Å². The minimum absolute atomic E-state index is 0.0187. The topological polar surface area (TPSA) is 120 Å². The van der Waals surface area contributed by atoms with Crippen LogP contribution in [-0.4, -0.2) is 28.6 Å². The summed E-state index contributed by atoms with van der Waals surface area (Å²) >= 11 is 0. The Hall–Kier alpha value is -3.16. The number of nitro groups is 1. The average molecular weight is 319 g/mol. The molecule has 1 heterocycles. The number of furan rings is 1. The summed E-state index contributed by atoms with van der Waals surface area (Å²) in [6, 6.07) is 5.53. The van der Waals surface area contributed by atoms with Gasteiger partial charge in [0.2, 0.25) is 5.76 Å². The first-order valence-electron chi connectivity index (χ1n) is 6.66.